The van der Waals surface area contributed by atoms with Crippen LogP contribution in [0.4, 0.5) is 0 Å². The number of hydrogen-bond donors (Lipinski definition) is 3. The summed E-state index contributed by atoms with van der Waals surface area (Å²) in [5.74, 6) is -4.97. The molecule has 1 aliphatic heterocycles. The van der Waals surface area contributed by atoms with Crippen molar-refractivity contribution in [3.05, 3.63) is 71.8 Å². The standard InChI is InChI=1S/C36H44O12/c1-7-20(2)30(40)44-19-35-28(46-31(41)22-14-10-8-11-15-22)24(38)18-34(6,43)36(35)27(39)25(33(4,5)48-36)26(45-21(3)37)29(35)47-32(42)23-16-12-9-13-17-23/h8-17,20,24-29,38-39,43H,7,18-19H2,1-6H3/t20-,24+,25-,26+,27-,28+,29-,34+,35+,36+/m1/s1. The first kappa shape index (κ1) is 35.5. The molecule has 12 heteroatoms. The Bertz CT molecular complexity index is 1520. The third kappa shape index (κ3) is 5.58. The average Bonchev–Trinajstić information content (AvgIpc) is 3.23. The molecule has 0 radical (unpaired) electrons. The van der Waals surface area contributed by atoms with Crippen LogP contribution >= 0.6 is 0 Å². The summed E-state index contributed by atoms with van der Waals surface area (Å²) >= 11 is 0. The molecule has 3 fully saturated rings. The summed E-state index contributed by atoms with van der Waals surface area (Å²) in [6, 6.07) is 15.8. The molecule has 2 saturated carbocycles. The molecule has 1 heterocycles. The SMILES string of the molecule is CC[C@@H](C)C(=O)OC[C@]12[C@H](OC(=O)c3ccccc3)[C@@H](OC(C)=O)[C@@H]3[C@@H](O)[C@]1(OC3(C)C)[C@@](C)(O)C[C@H](O)[C@@H]2OC(=O)c1ccccc1. The fraction of sp³-hybridized carbons (Fsp3) is 0.556. The number of fused-ring (bicyclic) bond motifs is 1. The van der Waals surface area contributed by atoms with Gasteiger partial charge in [0.25, 0.3) is 0 Å². The van der Waals surface area contributed by atoms with Crippen LogP contribution in [0, 0.1) is 17.3 Å². The van der Waals surface area contributed by atoms with Gasteiger partial charge in [-0.3, -0.25) is 9.59 Å². The van der Waals surface area contributed by atoms with E-state index in [9.17, 15) is 34.5 Å². The van der Waals surface area contributed by atoms with Crippen LogP contribution < -0.4 is 0 Å². The number of esters is 4. The number of hydrogen-bond acceptors (Lipinski definition) is 12. The highest BCUT2D eigenvalue weighted by Crippen LogP contribution is 2.68. The Balaban J connectivity index is 1.81. The van der Waals surface area contributed by atoms with E-state index < -0.39 is 101 Å². The third-order valence-electron chi connectivity index (χ3n) is 10.4. The Morgan fingerprint density at radius 2 is 1.40 bits per heavy atom. The highest BCUT2D eigenvalue weighted by Gasteiger charge is 2.87. The molecule has 0 unspecified atom stereocenters. The van der Waals surface area contributed by atoms with Crippen molar-refractivity contribution < 1.29 is 58.2 Å². The zero-order valence-electron chi connectivity index (χ0n) is 28.0. The summed E-state index contributed by atoms with van der Waals surface area (Å²) in [5, 5.41) is 36.6. The minimum Gasteiger partial charge on any atom is -0.464 e. The van der Waals surface area contributed by atoms with Crippen LogP contribution in [0.15, 0.2) is 60.7 Å². The summed E-state index contributed by atoms with van der Waals surface area (Å²) < 4.78 is 30.8. The van der Waals surface area contributed by atoms with E-state index >= 15 is 0 Å². The molecule has 2 aromatic carbocycles. The summed E-state index contributed by atoms with van der Waals surface area (Å²) in [6.45, 7) is 8.38. The zero-order chi connectivity index (χ0) is 35.2. The lowest BCUT2D eigenvalue weighted by Crippen LogP contribution is -2.85. The molecule has 5 rings (SSSR count). The number of rotatable bonds is 9. The Morgan fingerprint density at radius 3 is 1.90 bits per heavy atom. The molecule has 2 aliphatic carbocycles. The van der Waals surface area contributed by atoms with Crippen molar-refractivity contribution in [3.63, 3.8) is 0 Å². The van der Waals surface area contributed by atoms with Gasteiger partial charge in [-0.1, -0.05) is 50.2 Å². The van der Waals surface area contributed by atoms with Crippen LogP contribution in [-0.2, 0) is 33.3 Å². The first-order chi connectivity index (χ1) is 22.5. The van der Waals surface area contributed by atoms with Gasteiger partial charge in [-0.2, -0.15) is 0 Å². The number of ether oxygens (including phenoxy) is 5. The molecule has 10 atom stereocenters. The number of carbonyl (C=O) groups excluding carboxylic acids is 4. The van der Waals surface area contributed by atoms with E-state index in [1.807, 2.05) is 0 Å². The molecule has 0 amide bonds. The minimum atomic E-state index is -2.25. The second-order valence-electron chi connectivity index (χ2n) is 13.9. The number of aliphatic hydroxyl groups is 3. The largest absolute Gasteiger partial charge is 0.464 e. The number of benzene rings is 2. The first-order valence-electron chi connectivity index (χ1n) is 16.2. The van der Waals surface area contributed by atoms with Gasteiger partial charge in [0, 0.05) is 13.3 Å². The summed E-state index contributed by atoms with van der Waals surface area (Å²) in [4.78, 5) is 53.8. The van der Waals surface area contributed by atoms with E-state index in [1.54, 1.807) is 64.1 Å². The summed E-state index contributed by atoms with van der Waals surface area (Å²) in [6.07, 6.45) is -8.34. The van der Waals surface area contributed by atoms with Gasteiger partial charge in [-0.05, 0) is 51.5 Å². The Kier molecular flexibility index (Phi) is 9.52. The van der Waals surface area contributed by atoms with E-state index in [0.29, 0.717) is 6.42 Å². The van der Waals surface area contributed by atoms with Gasteiger partial charge < -0.3 is 39.0 Å². The predicted octanol–water partition coefficient (Wildman–Crippen LogP) is 3.00. The molecule has 3 N–H and O–H groups in total. The summed E-state index contributed by atoms with van der Waals surface area (Å²) in [5.41, 5.74) is -7.74. The van der Waals surface area contributed by atoms with Crippen molar-refractivity contribution in [2.75, 3.05) is 6.61 Å². The Morgan fingerprint density at radius 1 is 0.875 bits per heavy atom. The molecule has 1 spiro atoms. The van der Waals surface area contributed by atoms with Crippen LogP contribution in [0.2, 0.25) is 0 Å². The highest BCUT2D eigenvalue weighted by molar-refractivity contribution is 5.90. The van der Waals surface area contributed by atoms with Crippen molar-refractivity contribution in [1.29, 1.82) is 0 Å². The van der Waals surface area contributed by atoms with E-state index in [0.717, 1.165) is 6.92 Å². The van der Waals surface area contributed by atoms with Gasteiger partial charge in [-0.25, -0.2) is 9.59 Å². The van der Waals surface area contributed by atoms with Gasteiger partial charge in [-0.15, -0.1) is 0 Å². The molecule has 260 valence electrons. The maximum Gasteiger partial charge on any atom is 0.338 e. The van der Waals surface area contributed by atoms with Crippen molar-refractivity contribution >= 4 is 23.9 Å². The maximum absolute atomic E-state index is 13.9. The first-order valence-corrected chi connectivity index (χ1v) is 16.2. The fourth-order valence-electron chi connectivity index (χ4n) is 8.10. The zero-order valence-corrected chi connectivity index (χ0v) is 28.0. The highest BCUT2D eigenvalue weighted by atomic mass is 16.6. The van der Waals surface area contributed by atoms with E-state index in [4.69, 9.17) is 23.7 Å². The molecule has 3 aliphatic rings. The van der Waals surface area contributed by atoms with Crippen molar-refractivity contribution in [3.8, 4) is 0 Å². The van der Waals surface area contributed by atoms with Crippen LogP contribution in [-0.4, -0.2) is 93.1 Å². The van der Waals surface area contributed by atoms with Gasteiger partial charge >= 0.3 is 23.9 Å². The fourth-order valence-corrected chi connectivity index (χ4v) is 8.10. The van der Waals surface area contributed by atoms with Crippen LogP contribution in [0.5, 0.6) is 0 Å². The topological polar surface area (TPSA) is 175 Å². The monoisotopic (exact) mass is 668 g/mol. The van der Waals surface area contributed by atoms with Gasteiger partial charge in [0.2, 0.25) is 0 Å². The summed E-state index contributed by atoms with van der Waals surface area (Å²) in [7, 11) is 0. The quantitative estimate of drug-likeness (QED) is 0.264. The molecule has 2 aromatic rings. The molecule has 2 bridgehead atoms. The second-order valence-corrected chi connectivity index (χ2v) is 13.9. The molecule has 48 heavy (non-hydrogen) atoms. The molecular formula is C36H44O12. The number of aliphatic hydroxyl groups excluding tert-OH is 2. The van der Waals surface area contributed by atoms with Crippen LogP contribution in [0.3, 0.4) is 0 Å². The molecule has 0 aromatic heterocycles. The number of carbonyl (C=O) groups is 4. The van der Waals surface area contributed by atoms with Crippen molar-refractivity contribution in [1.82, 2.24) is 0 Å². The molecule has 1 saturated heterocycles. The van der Waals surface area contributed by atoms with E-state index in [-0.39, 0.29) is 11.1 Å². The normalized spacial score (nSPS) is 35.4. The molecular weight excluding hydrogens is 624 g/mol. The minimum absolute atomic E-state index is 0.110. The predicted molar refractivity (Wildman–Crippen MR) is 168 cm³/mol. The lowest BCUT2D eigenvalue weighted by Gasteiger charge is -2.66. The second kappa shape index (κ2) is 12.9. The van der Waals surface area contributed by atoms with Crippen molar-refractivity contribution in [2.45, 2.75) is 102 Å². The Hall–Kier alpha value is -3.84. The maximum atomic E-state index is 13.9. The van der Waals surface area contributed by atoms with Crippen molar-refractivity contribution in [2.24, 2.45) is 17.3 Å². The average molecular weight is 669 g/mol. The lowest BCUT2D eigenvalue weighted by molar-refractivity contribution is -0.361. The van der Waals surface area contributed by atoms with E-state index in [1.165, 1.54) is 31.2 Å². The molecule has 12 nitrogen and oxygen atoms in total. The smallest absolute Gasteiger partial charge is 0.338 e. The third-order valence-corrected chi connectivity index (χ3v) is 10.4. The van der Waals surface area contributed by atoms with E-state index in [2.05, 4.69) is 0 Å². The lowest BCUT2D eigenvalue weighted by atomic mass is 9.45. The van der Waals surface area contributed by atoms with Gasteiger partial charge in [0.1, 0.15) is 29.8 Å². The van der Waals surface area contributed by atoms with Gasteiger partial charge in [0.15, 0.2) is 6.10 Å². The van der Waals surface area contributed by atoms with Crippen LogP contribution in [0.25, 0.3) is 0 Å². The van der Waals surface area contributed by atoms with Gasteiger partial charge in [0.05, 0.1) is 46.4 Å². The Labute approximate surface area is 279 Å². The van der Waals surface area contributed by atoms with Crippen LogP contribution in [0.1, 0.15) is 75.1 Å².